The maximum atomic E-state index is 12.7. The number of ether oxygens (including phenoxy) is 1. The smallest absolute Gasteiger partial charge is 0.375 e. The van der Waals surface area contributed by atoms with Crippen LogP contribution in [-0.2, 0) is 15.7 Å². The Morgan fingerprint density at radius 2 is 1.81 bits per heavy atom. The number of hydrogen-bond acceptors (Lipinski definition) is 3. The van der Waals surface area contributed by atoms with E-state index in [1.54, 1.807) is 25.1 Å². The summed E-state index contributed by atoms with van der Waals surface area (Å²) in [5, 5.41) is 5.19. The SMILES string of the molecule is COCC(=O)Nc1ccc(NC(=O)c2cccc(C(F)(F)F)c2)cc1C. The van der Waals surface area contributed by atoms with Crippen LogP contribution in [0.2, 0.25) is 0 Å². The van der Waals surface area contributed by atoms with Crippen LogP contribution in [0.4, 0.5) is 24.5 Å². The molecule has 0 radical (unpaired) electrons. The van der Waals surface area contributed by atoms with Gasteiger partial charge in [0.05, 0.1) is 5.56 Å². The van der Waals surface area contributed by atoms with Crippen LogP contribution in [-0.4, -0.2) is 25.5 Å². The molecule has 0 aliphatic heterocycles. The van der Waals surface area contributed by atoms with Crippen molar-refractivity contribution in [3.8, 4) is 0 Å². The number of aryl methyl sites for hydroxylation is 1. The minimum absolute atomic E-state index is 0.0898. The van der Waals surface area contributed by atoms with E-state index in [1.165, 1.54) is 19.2 Å². The molecule has 0 spiro atoms. The largest absolute Gasteiger partial charge is 0.416 e. The van der Waals surface area contributed by atoms with E-state index in [0.29, 0.717) is 16.9 Å². The molecular weight excluding hydrogens is 349 g/mol. The number of amides is 2. The first-order valence-corrected chi connectivity index (χ1v) is 7.59. The fraction of sp³-hybridized carbons (Fsp3) is 0.222. The van der Waals surface area contributed by atoms with Gasteiger partial charge in [-0.3, -0.25) is 9.59 Å². The fourth-order valence-corrected chi connectivity index (χ4v) is 2.24. The molecule has 0 saturated heterocycles. The van der Waals surface area contributed by atoms with Crippen LogP contribution in [0.15, 0.2) is 42.5 Å². The molecule has 0 bridgehead atoms. The van der Waals surface area contributed by atoms with Crippen LogP contribution in [0.1, 0.15) is 21.5 Å². The van der Waals surface area contributed by atoms with E-state index in [0.717, 1.165) is 12.1 Å². The van der Waals surface area contributed by atoms with Crippen molar-refractivity contribution in [2.24, 2.45) is 0 Å². The number of carbonyl (C=O) groups is 2. The average Bonchev–Trinajstić information content (AvgIpc) is 2.57. The number of nitrogens with one attached hydrogen (secondary N) is 2. The Hall–Kier alpha value is -2.87. The lowest BCUT2D eigenvalue weighted by atomic mass is 10.1. The summed E-state index contributed by atoms with van der Waals surface area (Å²) in [6, 6.07) is 8.91. The van der Waals surface area contributed by atoms with Gasteiger partial charge in [-0.15, -0.1) is 0 Å². The predicted molar refractivity (Wildman–Crippen MR) is 91.1 cm³/mol. The zero-order valence-corrected chi connectivity index (χ0v) is 14.1. The molecule has 2 aromatic rings. The third-order valence-corrected chi connectivity index (χ3v) is 3.49. The van der Waals surface area contributed by atoms with Gasteiger partial charge in [-0.05, 0) is 48.9 Å². The van der Waals surface area contributed by atoms with Crippen molar-refractivity contribution < 1.29 is 27.5 Å². The number of rotatable bonds is 5. The van der Waals surface area contributed by atoms with Gasteiger partial charge >= 0.3 is 6.18 Å². The Morgan fingerprint density at radius 3 is 2.42 bits per heavy atom. The topological polar surface area (TPSA) is 67.4 Å². The molecule has 0 aliphatic rings. The second-order valence-corrected chi connectivity index (χ2v) is 5.54. The standard InChI is InChI=1S/C18H17F3N2O3/c1-11-8-14(6-7-15(11)23-16(24)10-26-2)22-17(25)12-4-3-5-13(9-12)18(19,20)21/h3-9H,10H2,1-2H3,(H,22,25)(H,23,24). The average molecular weight is 366 g/mol. The highest BCUT2D eigenvalue weighted by Gasteiger charge is 2.30. The van der Waals surface area contributed by atoms with Crippen LogP contribution >= 0.6 is 0 Å². The number of anilines is 2. The highest BCUT2D eigenvalue weighted by atomic mass is 19.4. The van der Waals surface area contributed by atoms with Crippen molar-refractivity contribution in [3.63, 3.8) is 0 Å². The molecule has 0 saturated carbocycles. The lowest BCUT2D eigenvalue weighted by molar-refractivity contribution is -0.137. The van der Waals surface area contributed by atoms with Crippen molar-refractivity contribution in [1.82, 2.24) is 0 Å². The summed E-state index contributed by atoms with van der Waals surface area (Å²) >= 11 is 0. The van der Waals surface area contributed by atoms with Gasteiger partial charge in [0.15, 0.2) is 0 Å². The Balaban J connectivity index is 2.12. The second-order valence-electron chi connectivity index (χ2n) is 5.54. The van der Waals surface area contributed by atoms with Gasteiger partial charge in [-0.1, -0.05) is 6.07 Å². The van der Waals surface area contributed by atoms with Gasteiger partial charge in [0.2, 0.25) is 5.91 Å². The van der Waals surface area contributed by atoms with E-state index >= 15 is 0 Å². The third-order valence-electron chi connectivity index (χ3n) is 3.49. The molecule has 0 unspecified atom stereocenters. The van der Waals surface area contributed by atoms with Crippen LogP contribution in [0, 0.1) is 6.92 Å². The van der Waals surface area contributed by atoms with Gasteiger partial charge in [-0.25, -0.2) is 0 Å². The van der Waals surface area contributed by atoms with E-state index in [9.17, 15) is 22.8 Å². The van der Waals surface area contributed by atoms with E-state index in [4.69, 9.17) is 4.74 Å². The first-order valence-electron chi connectivity index (χ1n) is 7.59. The molecule has 8 heteroatoms. The first-order chi connectivity index (χ1) is 12.2. The minimum Gasteiger partial charge on any atom is -0.375 e. The molecule has 2 N–H and O–H groups in total. The number of carbonyl (C=O) groups excluding carboxylic acids is 2. The lowest BCUT2D eigenvalue weighted by Crippen LogP contribution is -2.18. The van der Waals surface area contributed by atoms with Crippen molar-refractivity contribution >= 4 is 23.2 Å². The van der Waals surface area contributed by atoms with Gasteiger partial charge in [0, 0.05) is 24.0 Å². The van der Waals surface area contributed by atoms with Crippen molar-refractivity contribution in [2.75, 3.05) is 24.4 Å². The van der Waals surface area contributed by atoms with Crippen LogP contribution < -0.4 is 10.6 Å². The number of benzene rings is 2. The third kappa shape index (κ3) is 5.06. The summed E-state index contributed by atoms with van der Waals surface area (Å²) in [5.41, 5.74) is 0.627. The van der Waals surface area contributed by atoms with E-state index in [-0.39, 0.29) is 18.1 Å². The maximum absolute atomic E-state index is 12.7. The number of halogens is 3. The monoisotopic (exact) mass is 366 g/mol. The summed E-state index contributed by atoms with van der Waals surface area (Å²) in [6.45, 7) is 1.63. The summed E-state index contributed by atoms with van der Waals surface area (Å²) < 4.78 is 42.9. The number of alkyl halides is 3. The molecule has 2 amide bonds. The Kier molecular flexibility index (Phi) is 5.99. The molecule has 0 aliphatic carbocycles. The molecule has 0 fully saturated rings. The van der Waals surface area contributed by atoms with Crippen LogP contribution in [0.5, 0.6) is 0 Å². The van der Waals surface area contributed by atoms with E-state index in [2.05, 4.69) is 10.6 Å². The molecule has 26 heavy (non-hydrogen) atoms. The second kappa shape index (κ2) is 8.01. The molecule has 0 aromatic heterocycles. The normalized spacial score (nSPS) is 11.1. The van der Waals surface area contributed by atoms with Gasteiger partial charge in [0.25, 0.3) is 5.91 Å². The first kappa shape index (κ1) is 19.5. The maximum Gasteiger partial charge on any atom is 0.416 e. The lowest BCUT2D eigenvalue weighted by Gasteiger charge is -2.12. The quantitative estimate of drug-likeness (QED) is 0.845. The van der Waals surface area contributed by atoms with Crippen LogP contribution in [0.25, 0.3) is 0 Å². The molecule has 5 nitrogen and oxygen atoms in total. The predicted octanol–water partition coefficient (Wildman–Crippen LogP) is 3.85. The summed E-state index contributed by atoms with van der Waals surface area (Å²) in [7, 11) is 1.40. The zero-order chi connectivity index (χ0) is 19.3. The highest BCUT2D eigenvalue weighted by molar-refractivity contribution is 6.04. The van der Waals surface area contributed by atoms with Crippen molar-refractivity contribution in [3.05, 3.63) is 59.2 Å². The Bertz CT molecular complexity index is 820. The van der Waals surface area contributed by atoms with E-state index in [1.807, 2.05) is 0 Å². The van der Waals surface area contributed by atoms with E-state index < -0.39 is 17.6 Å². The summed E-state index contributed by atoms with van der Waals surface area (Å²) in [5.74, 6) is -0.983. The van der Waals surface area contributed by atoms with Gasteiger partial charge in [0.1, 0.15) is 6.61 Å². The van der Waals surface area contributed by atoms with Crippen LogP contribution in [0.3, 0.4) is 0 Å². The molecule has 2 rings (SSSR count). The Morgan fingerprint density at radius 1 is 1.08 bits per heavy atom. The molecule has 0 heterocycles. The number of methoxy groups -OCH3 is 1. The zero-order valence-electron chi connectivity index (χ0n) is 14.1. The summed E-state index contributed by atoms with van der Waals surface area (Å²) in [6.07, 6.45) is -4.52. The van der Waals surface area contributed by atoms with Gasteiger partial charge in [-0.2, -0.15) is 13.2 Å². The van der Waals surface area contributed by atoms with Crippen molar-refractivity contribution in [2.45, 2.75) is 13.1 Å². The molecular formula is C18H17F3N2O3. The molecule has 0 atom stereocenters. The highest BCUT2D eigenvalue weighted by Crippen LogP contribution is 2.29. The van der Waals surface area contributed by atoms with Gasteiger partial charge < -0.3 is 15.4 Å². The molecule has 2 aromatic carbocycles. The molecule has 138 valence electrons. The van der Waals surface area contributed by atoms with Crippen molar-refractivity contribution in [1.29, 1.82) is 0 Å². The number of hydrogen-bond donors (Lipinski definition) is 2. The summed E-state index contributed by atoms with van der Waals surface area (Å²) in [4.78, 5) is 23.7. The Labute approximate surface area is 148 Å². The fourth-order valence-electron chi connectivity index (χ4n) is 2.24. The minimum atomic E-state index is -4.52.